The Kier molecular flexibility index (Phi) is 3.80. The Hall–Kier alpha value is -1.69. The quantitative estimate of drug-likeness (QED) is 0.797. The molecule has 1 aliphatic heterocycles. The number of rotatable bonds is 5. The molecule has 2 aromatic rings. The molecule has 21 heavy (non-hydrogen) atoms. The second-order valence-electron chi connectivity index (χ2n) is 5.13. The molecule has 0 radical (unpaired) electrons. The monoisotopic (exact) mass is 303 g/mol. The maximum atomic E-state index is 12.5. The van der Waals surface area contributed by atoms with E-state index >= 15 is 0 Å². The van der Waals surface area contributed by atoms with Crippen molar-refractivity contribution in [1.29, 1.82) is 0 Å². The first kappa shape index (κ1) is 14.3. The summed E-state index contributed by atoms with van der Waals surface area (Å²) in [6.45, 7) is 1.04. The van der Waals surface area contributed by atoms with Crippen LogP contribution in [0.5, 0.6) is 0 Å². The van der Waals surface area contributed by atoms with Crippen LogP contribution in [0.4, 0.5) is 0 Å². The average Bonchev–Trinajstić information content (AvgIpc) is 3.32. The first-order valence-electron chi connectivity index (χ1n) is 6.81. The van der Waals surface area contributed by atoms with Crippen LogP contribution in [0, 0.1) is 0 Å². The standard InChI is InChI=1S/C16H17NO3S/c1-17(11-15-12-20-15)21(18,19)16-9-5-8-14(10-16)13-6-3-2-4-7-13/h2-10,15H,11-12H2,1H3/t15-/m0/s1. The number of benzene rings is 2. The van der Waals surface area contributed by atoms with Crippen molar-refractivity contribution in [1.82, 2.24) is 4.31 Å². The molecule has 1 fully saturated rings. The maximum Gasteiger partial charge on any atom is 0.242 e. The van der Waals surface area contributed by atoms with E-state index in [4.69, 9.17) is 4.74 Å². The minimum atomic E-state index is -3.47. The van der Waals surface area contributed by atoms with Crippen molar-refractivity contribution < 1.29 is 13.2 Å². The third-order valence-corrected chi connectivity index (χ3v) is 5.33. The Morgan fingerprint density at radius 1 is 1.10 bits per heavy atom. The molecule has 3 rings (SSSR count). The van der Waals surface area contributed by atoms with E-state index in [0.29, 0.717) is 18.0 Å². The summed E-state index contributed by atoms with van der Waals surface area (Å²) in [6, 6.07) is 16.8. The Labute approximate surface area is 125 Å². The van der Waals surface area contributed by atoms with Gasteiger partial charge in [0.15, 0.2) is 0 Å². The smallest absolute Gasteiger partial charge is 0.242 e. The largest absolute Gasteiger partial charge is 0.372 e. The van der Waals surface area contributed by atoms with E-state index in [2.05, 4.69) is 0 Å². The Morgan fingerprint density at radius 3 is 2.43 bits per heavy atom. The topological polar surface area (TPSA) is 49.9 Å². The van der Waals surface area contributed by atoms with E-state index in [-0.39, 0.29) is 6.10 Å². The molecular weight excluding hydrogens is 286 g/mol. The number of likely N-dealkylation sites (N-methyl/N-ethyl adjacent to an activating group) is 1. The van der Waals surface area contributed by atoms with E-state index < -0.39 is 10.0 Å². The van der Waals surface area contributed by atoms with Gasteiger partial charge < -0.3 is 4.74 Å². The van der Waals surface area contributed by atoms with Crippen molar-refractivity contribution in [2.45, 2.75) is 11.0 Å². The van der Waals surface area contributed by atoms with E-state index in [9.17, 15) is 8.42 Å². The van der Waals surface area contributed by atoms with E-state index in [1.165, 1.54) is 4.31 Å². The zero-order valence-corrected chi connectivity index (χ0v) is 12.6. The lowest BCUT2D eigenvalue weighted by atomic mass is 10.1. The third-order valence-electron chi connectivity index (χ3n) is 3.51. The molecule has 110 valence electrons. The molecule has 4 nitrogen and oxygen atoms in total. The highest BCUT2D eigenvalue weighted by Crippen LogP contribution is 2.24. The van der Waals surface area contributed by atoms with Crippen LogP contribution in [0.15, 0.2) is 59.5 Å². The number of sulfonamides is 1. The van der Waals surface area contributed by atoms with Gasteiger partial charge in [-0.25, -0.2) is 8.42 Å². The summed E-state index contributed by atoms with van der Waals surface area (Å²) in [6.07, 6.45) is 0.0436. The van der Waals surface area contributed by atoms with Crippen LogP contribution < -0.4 is 0 Å². The Morgan fingerprint density at radius 2 is 1.76 bits per heavy atom. The van der Waals surface area contributed by atoms with Crippen molar-refractivity contribution in [3.8, 4) is 11.1 Å². The summed E-state index contributed by atoms with van der Waals surface area (Å²) in [4.78, 5) is 0.312. The SMILES string of the molecule is CN(C[C@H]1CO1)S(=O)(=O)c1cccc(-c2ccccc2)c1. The fourth-order valence-corrected chi connectivity index (χ4v) is 3.45. The highest BCUT2D eigenvalue weighted by Gasteiger charge is 2.30. The van der Waals surface area contributed by atoms with Gasteiger partial charge in [0.2, 0.25) is 10.0 Å². The van der Waals surface area contributed by atoms with Gasteiger partial charge in [-0.1, -0.05) is 42.5 Å². The van der Waals surface area contributed by atoms with Crippen molar-refractivity contribution >= 4 is 10.0 Å². The van der Waals surface area contributed by atoms with Gasteiger partial charge in [0.05, 0.1) is 17.6 Å². The van der Waals surface area contributed by atoms with E-state index in [1.54, 1.807) is 25.2 Å². The van der Waals surface area contributed by atoms with Gasteiger partial charge in [0, 0.05) is 13.6 Å². The average molecular weight is 303 g/mol. The van der Waals surface area contributed by atoms with Crippen molar-refractivity contribution in [3.63, 3.8) is 0 Å². The molecule has 1 aliphatic rings. The summed E-state index contributed by atoms with van der Waals surface area (Å²) < 4.78 is 31.6. The summed E-state index contributed by atoms with van der Waals surface area (Å²) in [5.74, 6) is 0. The van der Waals surface area contributed by atoms with Crippen molar-refractivity contribution in [2.75, 3.05) is 20.2 Å². The van der Waals surface area contributed by atoms with Crippen LogP contribution in [-0.4, -0.2) is 39.0 Å². The molecule has 0 N–H and O–H groups in total. The van der Waals surface area contributed by atoms with E-state index in [0.717, 1.165) is 11.1 Å². The molecule has 1 saturated heterocycles. The molecule has 0 aromatic heterocycles. The van der Waals surface area contributed by atoms with Crippen LogP contribution in [-0.2, 0) is 14.8 Å². The lowest BCUT2D eigenvalue weighted by Gasteiger charge is -2.16. The fraction of sp³-hybridized carbons (Fsp3) is 0.250. The first-order valence-corrected chi connectivity index (χ1v) is 8.25. The minimum absolute atomic E-state index is 0.0436. The van der Waals surface area contributed by atoms with Gasteiger partial charge in [-0.2, -0.15) is 4.31 Å². The molecule has 0 unspecified atom stereocenters. The van der Waals surface area contributed by atoms with Crippen molar-refractivity contribution in [2.24, 2.45) is 0 Å². The van der Waals surface area contributed by atoms with Gasteiger partial charge in [0.1, 0.15) is 0 Å². The predicted octanol–water partition coefficient (Wildman–Crippen LogP) is 2.37. The number of nitrogens with zero attached hydrogens (tertiary/aromatic N) is 1. The summed E-state index contributed by atoms with van der Waals surface area (Å²) in [5.41, 5.74) is 1.90. The number of ether oxygens (including phenoxy) is 1. The molecule has 2 aromatic carbocycles. The van der Waals surface area contributed by atoms with Crippen LogP contribution in [0.2, 0.25) is 0 Å². The van der Waals surface area contributed by atoms with Crippen molar-refractivity contribution in [3.05, 3.63) is 54.6 Å². The molecular formula is C16H17NO3S. The first-order chi connectivity index (χ1) is 10.1. The van der Waals surface area contributed by atoms with Gasteiger partial charge in [0.25, 0.3) is 0 Å². The van der Waals surface area contributed by atoms with Gasteiger partial charge >= 0.3 is 0 Å². The molecule has 0 aliphatic carbocycles. The zero-order chi connectivity index (χ0) is 14.9. The van der Waals surface area contributed by atoms with Crippen LogP contribution in [0.25, 0.3) is 11.1 Å². The minimum Gasteiger partial charge on any atom is -0.372 e. The Balaban J connectivity index is 1.91. The maximum absolute atomic E-state index is 12.5. The molecule has 0 spiro atoms. The highest BCUT2D eigenvalue weighted by atomic mass is 32.2. The second kappa shape index (κ2) is 5.60. The zero-order valence-electron chi connectivity index (χ0n) is 11.8. The Bertz CT molecular complexity index is 724. The second-order valence-corrected chi connectivity index (χ2v) is 7.18. The number of hydrogen-bond acceptors (Lipinski definition) is 3. The molecule has 1 heterocycles. The normalized spacial score (nSPS) is 17.9. The summed E-state index contributed by atoms with van der Waals surface area (Å²) in [5, 5.41) is 0. The molecule has 1 atom stereocenters. The van der Waals surface area contributed by atoms with Crippen LogP contribution >= 0.6 is 0 Å². The van der Waals surface area contributed by atoms with Gasteiger partial charge in [-0.15, -0.1) is 0 Å². The third kappa shape index (κ3) is 3.15. The molecule has 0 amide bonds. The van der Waals surface area contributed by atoms with Crippen LogP contribution in [0.1, 0.15) is 0 Å². The fourth-order valence-electron chi connectivity index (χ4n) is 2.21. The highest BCUT2D eigenvalue weighted by molar-refractivity contribution is 7.89. The van der Waals surface area contributed by atoms with Gasteiger partial charge in [-0.3, -0.25) is 0 Å². The molecule has 0 bridgehead atoms. The number of hydrogen-bond donors (Lipinski definition) is 0. The molecule has 5 heteroatoms. The summed E-state index contributed by atoms with van der Waals surface area (Å²) >= 11 is 0. The van der Waals surface area contributed by atoms with Crippen LogP contribution in [0.3, 0.4) is 0 Å². The molecule has 0 saturated carbocycles. The lowest BCUT2D eigenvalue weighted by Crippen LogP contribution is -2.30. The summed E-state index contributed by atoms with van der Waals surface area (Å²) in [7, 11) is -1.88. The lowest BCUT2D eigenvalue weighted by molar-refractivity contribution is 0.359. The predicted molar refractivity (Wildman–Crippen MR) is 81.4 cm³/mol. The number of epoxide rings is 1. The van der Waals surface area contributed by atoms with Gasteiger partial charge in [-0.05, 0) is 23.3 Å². The van der Waals surface area contributed by atoms with E-state index in [1.807, 2.05) is 36.4 Å².